The molecule has 2 aromatic rings. The van der Waals surface area contributed by atoms with Crippen LogP contribution < -0.4 is 11.1 Å². The fourth-order valence-corrected chi connectivity index (χ4v) is 3.18. The molecule has 0 saturated heterocycles. The highest BCUT2D eigenvalue weighted by Crippen LogP contribution is 2.23. The first-order chi connectivity index (χ1) is 12.0. The Labute approximate surface area is 146 Å². The third kappa shape index (κ3) is 4.29. The molecule has 0 fully saturated rings. The molecule has 0 radical (unpaired) electrons. The van der Waals surface area contributed by atoms with Gasteiger partial charge in [-0.1, -0.05) is 18.2 Å². The number of nitrogens with one attached hydrogen (secondary N) is 1. The first-order valence-corrected chi connectivity index (χ1v) is 8.60. The minimum atomic E-state index is -4.89. The number of aliphatic hydroxyl groups excluding tert-OH is 1. The van der Waals surface area contributed by atoms with Gasteiger partial charge in [-0.05, 0) is 18.2 Å². The summed E-state index contributed by atoms with van der Waals surface area (Å²) in [5.41, 5.74) is 4.83. The van der Waals surface area contributed by atoms with E-state index in [4.69, 9.17) is 10.8 Å². The summed E-state index contributed by atoms with van der Waals surface area (Å²) in [4.78, 5) is 15.2. The molecule has 11 heteroatoms. The summed E-state index contributed by atoms with van der Waals surface area (Å²) in [6.07, 6.45) is -6.75. The van der Waals surface area contributed by atoms with Crippen molar-refractivity contribution in [3.63, 3.8) is 0 Å². The van der Waals surface area contributed by atoms with E-state index in [1.807, 2.05) is 5.32 Å². The lowest BCUT2D eigenvalue weighted by Crippen LogP contribution is -2.41. The second kappa shape index (κ2) is 7.30. The summed E-state index contributed by atoms with van der Waals surface area (Å²) in [6.45, 7) is -1.09. The molecule has 0 unspecified atom stereocenters. The van der Waals surface area contributed by atoms with Crippen molar-refractivity contribution < 1.29 is 31.5 Å². The number of aliphatic hydroxyl groups is 1. The van der Waals surface area contributed by atoms with Crippen LogP contribution in [0.2, 0.25) is 0 Å². The molecule has 26 heavy (non-hydrogen) atoms. The maximum Gasteiger partial charge on any atom is 0.416 e. The van der Waals surface area contributed by atoms with Gasteiger partial charge in [-0.2, -0.15) is 13.2 Å². The van der Waals surface area contributed by atoms with Gasteiger partial charge in [0.2, 0.25) is 9.84 Å². The van der Waals surface area contributed by atoms with E-state index in [9.17, 15) is 26.4 Å². The van der Waals surface area contributed by atoms with E-state index < -0.39 is 40.3 Å². The minimum Gasteiger partial charge on any atom is -0.397 e. The second-order valence-electron chi connectivity index (χ2n) is 5.19. The van der Waals surface area contributed by atoms with E-state index in [0.29, 0.717) is 0 Å². The smallest absolute Gasteiger partial charge is 0.397 e. The van der Waals surface area contributed by atoms with Crippen molar-refractivity contribution in [1.82, 2.24) is 10.3 Å². The Kier molecular flexibility index (Phi) is 5.52. The summed E-state index contributed by atoms with van der Waals surface area (Å²) < 4.78 is 61.5. The Morgan fingerprint density at radius 2 is 1.85 bits per heavy atom. The number of carbonyl (C=O) groups is 1. The number of rotatable bonds is 5. The summed E-state index contributed by atoms with van der Waals surface area (Å²) in [7, 11) is -3.91. The molecule has 0 bridgehead atoms. The van der Waals surface area contributed by atoms with Crippen LogP contribution in [0.5, 0.6) is 0 Å². The molecule has 1 aromatic carbocycles. The standard InChI is InChI=1S/C15H14F3N3O4S/c16-15(17,18)12(22)8-21-14(23)13-11(19)6-10(7-20-13)26(24,25)9-4-2-1-3-5-9/h1-7,12,22H,8,19H2,(H,21,23)/t12-/m1/s1. The molecule has 1 amide bonds. The summed E-state index contributed by atoms with van der Waals surface area (Å²) >= 11 is 0. The van der Waals surface area contributed by atoms with Crippen molar-refractivity contribution >= 4 is 21.4 Å². The number of sulfone groups is 1. The zero-order chi connectivity index (χ0) is 19.5. The fourth-order valence-electron chi connectivity index (χ4n) is 1.92. The lowest BCUT2D eigenvalue weighted by atomic mass is 10.2. The number of aromatic nitrogens is 1. The maximum atomic E-state index is 12.4. The van der Waals surface area contributed by atoms with Gasteiger partial charge < -0.3 is 16.2 Å². The van der Waals surface area contributed by atoms with Crippen LogP contribution in [0.4, 0.5) is 18.9 Å². The topological polar surface area (TPSA) is 122 Å². The van der Waals surface area contributed by atoms with E-state index in [1.54, 1.807) is 6.07 Å². The van der Waals surface area contributed by atoms with Crippen LogP contribution in [0.15, 0.2) is 52.4 Å². The summed E-state index contributed by atoms with van der Waals surface area (Å²) in [6, 6.07) is 8.41. The van der Waals surface area contributed by atoms with Gasteiger partial charge in [0.05, 0.1) is 22.0 Å². The van der Waals surface area contributed by atoms with Gasteiger partial charge in [-0.15, -0.1) is 0 Å². The van der Waals surface area contributed by atoms with Crippen LogP contribution in [0.3, 0.4) is 0 Å². The van der Waals surface area contributed by atoms with Crippen molar-refractivity contribution in [3.05, 3.63) is 48.3 Å². The van der Waals surface area contributed by atoms with E-state index in [-0.39, 0.29) is 15.5 Å². The number of hydrogen-bond acceptors (Lipinski definition) is 6. The number of nitrogens with two attached hydrogens (primary N) is 1. The highest BCUT2D eigenvalue weighted by Gasteiger charge is 2.38. The average Bonchev–Trinajstić information content (AvgIpc) is 2.59. The Bertz CT molecular complexity index is 902. The molecule has 4 N–H and O–H groups in total. The lowest BCUT2D eigenvalue weighted by Gasteiger charge is -2.15. The Hall–Kier alpha value is -2.66. The van der Waals surface area contributed by atoms with Gasteiger partial charge >= 0.3 is 6.18 Å². The van der Waals surface area contributed by atoms with Crippen LogP contribution in [-0.4, -0.2) is 43.2 Å². The quantitative estimate of drug-likeness (QED) is 0.705. The normalized spacial score (nSPS) is 13.2. The molecule has 0 aliphatic heterocycles. The largest absolute Gasteiger partial charge is 0.416 e. The predicted octanol–water partition coefficient (Wildman–Crippen LogP) is 1.15. The first kappa shape index (κ1) is 19.7. The number of halogens is 3. The molecule has 1 atom stereocenters. The van der Waals surface area contributed by atoms with E-state index >= 15 is 0 Å². The van der Waals surface area contributed by atoms with E-state index in [0.717, 1.165) is 12.3 Å². The molecule has 1 heterocycles. The fraction of sp³-hybridized carbons (Fsp3) is 0.200. The molecule has 0 aliphatic rings. The Balaban J connectivity index is 2.21. The molecule has 2 rings (SSSR count). The van der Waals surface area contributed by atoms with Gasteiger partial charge in [0.15, 0.2) is 11.8 Å². The predicted molar refractivity (Wildman–Crippen MR) is 84.9 cm³/mol. The average molecular weight is 389 g/mol. The highest BCUT2D eigenvalue weighted by molar-refractivity contribution is 7.91. The third-order valence-corrected chi connectivity index (χ3v) is 5.04. The molecule has 0 saturated carbocycles. The Morgan fingerprint density at radius 3 is 2.38 bits per heavy atom. The van der Waals surface area contributed by atoms with Crippen molar-refractivity contribution in [1.29, 1.82) is 0 Å². The molecular formula is C15H14F3N3O4S. The number of pyridine rings is 1. The molecule has 0 aliphatic carbocycles. The van der Waals surface area contributed by atoms with Gasteiger partial charge in [0.1, 0.15) is 0 Å². The number of carbonyl (C=O) groups excluding carboxylic acids is 1. The lowest BCUT2D eigenvalue weighted by molar-refractivity contribution is -0.201. The zero-order valence-corrected chi connectivity index (χ0v) is 13.9. The van der Waals surface area contributed by atoms with Gasteiger partial charge in [-0.3, -0.25) is 4.79 Å². The Morgan fingerprint density at radius 1 is 1.23 bits per heavy atom. The number of nitrogens with zero attached hydrogens (tertiary/aromatic N) is 1. The summed E-state index contributed by atoms with van der Waals surface area (Å²) in [5, 5.41) is 10.7. The highest BCUT2D eigenvalue weighted by atomic mass is 32.2. The van der Waals surface area contributed by atoms with Gasteiger partial charge in [0, 0.05) is 6.20 Å². The number of alkyl halides is 3. The number of anilines is 1. The van der Waals surface area contributed by atoms with Gasteiger partial charge in [0.25, 0.3) is 5.91 Å². The van der Waals surface area contributed by atoms with Crippen LogP contribution >= 0.6 is 0 Å². The molecule has 7 nitrogen and oxygen atoms in total. The van der Waals surface area contributed by atoms with Crippen LogP contribution in [0.1, 0.15) is 10.5 Å². The van der Waals surface area contributed by atoms with Crippen LogP contribution in [0, 0.1) is 0 Å². The van der Waals surface area contributed by atoms with Crippen molar-refractivity contribution in [2.75, 3.05) is 12.3 Å². The molecule has 1 aromatic heterocycles. The van der Waals surface area contributed by atoms with E-state index in [1.165, 1.54) is 24.3 Å². The van der Waals surface area contributed by atoms with E-state index in [2.05, 4.69) is 4.98 Å². The number of hydrogen-bond donors (Lipinski definition) is 3. The number of nitrogen functional groups attached to an aromatic ring is 1. The summed E-state index contributed by atoms with van der Waals surface area (Å²) in [5.74, 6) is -1.07. The van der Waals surface area contributed by atoms with Crippen LogP contribution in [0.25, 0.3) is 0 Å². The van der Waals surface area contributed by atoms with Crippen molar-refractivity contribution in [3.8, 4) is 0 Å². The third-order valence-electron chi connectivity index (χ3n) is 3.30. The monoisotopic (exact) mass is 389 g/mol. The zero-order valence-electron chi connectivity index (χ0n) is 13.1. The van der Waals surface area contributed by atoms with Crippen molar-refractivity contribution in [2.24, 2.45) is 0 Å². The number of benzene rings is 1. The first-order valence-electron chi connectivity index (χ1n) is 7.12. The van der Waals surface area contributed by atoms with Gasteiger partial charge in [-0.25, -0.2) is 13.4 Å². The molecular weight excluding hydrogens is 375 g/mol. The SMILES string of the molecule is Nc1cc(S(=O)(=O)c2ccccc2)cnc1C(=O)NC[C@@H](O)C(F)(F)F. The van der Waals surface area contributed by atoms with Crippen molar-refractivity contribution in [2.45, 2.75) is 22.1 Å². The molecule has 140 valence electrons. The maximum absolute atomic E-state index is 12.4. The minimum absolute atomic E-state index is 0.00768. The molecule has 0 spiro atoms. The number of amides is 1. The van der Waals surface area contributed by atoms with Crippen LogP contribution in [-0.2, 0) is 9.84 Å². The second-order valence-corrected chi connectivity index (χ2v) is 7.14.